The number of hydrogen-bond donors (Lipinski definition) is 1. The third-order valence-corrected chi connectivity index (χ3v) is 4.31. The number of carbonyl (C=O) groups is 1. The molecule has 0 saturated carbocycles. The van der Waals surface area contributed by atoms with E-state index in [-0.39, 0.29) is 17.2 Å². The van der Waals surface area contributed by atoms with Crippen LogP contribution < -0.4 is 5.32 Å². The molecule has 120 valence electrons. The van der Waals surface area contributed by atoms with Crippen molar-refractivity contribution in [3.8, 4) is 0 Å². The molecule has 0 spiro atoms. The van der Waals surface area contributed by atoms with Gasteiger partial charge in [-0.3, -0.25) is 14.9 Å². The van der Waals surface area contributed by atoms with Crippen LogP contribution in [-0.2, 0) is 0 Å². The van der Waals surface area contributed by atoms with Crippen molar-refractivity contribution in [1.82, 2.24) is 5.32 Å². The molecule has 0 aliphatic heterocycles. The molecular formula is C17H18N2O3S. The van der Waals surface area contributed by atoms with Crippen molar-refractivity contribution in [2.45, 2.75) is 17.7 Å². The maximum atomic E-state index is 12.3. The van der Waals surface area contributed by atoms with Gasteiger partial charge in [-0.05, 0) is 29.9 Å². The summed E-state index contributed by atoms with van der Waals surface area (Å²) in [4.78, 5) is 23.7. The summed E-state index contributed by atoms with van der Waals surface area (Å²) in [5, 5.41) is 13.9. The highest BCUT2D eigenvalue weighted by Gasteiger charge is 2.21. The monoisotopic (exact) mass is 330 g/mol. The highest BCUT2D eigenvalue weighted by molar-refractivity contribution is 7.98. The van der Waals surface area contributed by atoms with Crippen LogP contribution in [0.25, 0.3) is 0 Å². The molecule has 0 aliphatic rings. The lowest BCUT2D eigenvalue weighted by atomic mass is 10.0. The van der Waals surface area contributed by atoms with E-state index < -0.39 is 10.8 Å². The fourth-order valence-corrected chi connectivity index (χ4v) is 2.66. The van der Waals surface area contributed by atoms with Gasteiger partial charge in [0.15, 0.2) is 0 Å². The molecular weight excluding hydrogens is 312 g/mol. The van der Waals surface area contributed by atoms with Crippen LogP contribution in [0.3, 0.4) is 0 Å². The highest BCUT2D eigenvalue weighted by Crippen LogP contribution is 2.25. The zero-order chi connectivity index (χ0) is 16.8. The van der Waals surface area contributed by atoms with E-state index in [1.165, 1.54) is 17.8 Å². The van der Waals surface area contributed by atoms with E-state index in [2.05, 4.69) is 5.32 Å². The van der Waals surface area contributed by atoms with Crippen LogP contribution in [0.2, 0.25) is 0 Å². The molecule has 23 heavy (non-hydrogen) atoms. The van der Waals surface area contributed by atoms with E-state index in [1.807, 2.05) is 43.5 Å². The van der Waals surface area contributed by atoms with Crippen molar-refractivity contribution in [2.24, 2.45) is 0 Å². The Hall–Kier alpha value is -2.34. The maximum Gasteiger partial charge on any atom is 0.282 e. The molecule has 2 aromatic rings. The van der Waals surface area contributed by atoms with Crippen LogP contribution in [0.5, 0.6) is 0 Å². The molecule has 1 atom stereocenters. The van der Waals surface area contributed by atoms with Crippen LogP contribution >= 0.6 is 11.8 Å². The third-order valence-electron chi connectivity index (χ3n) is 3.58. The first-order valence-electron chi connectivity index (χ1n) is 7.18. The van der Waals surface area contributed by atoms with E-state index >= 15 is 0 Å². The normalized spacial score (nSPS) is 11.7. The topological polar surface area (TPSA) is 72.2 Å². The first-order chi connectivity index (χ1) is 11.0. The van der Waals surface area contributed by atoms with Gasteiger partial charge in [0.25, 0.3) is 11.6 Å². The Kier molecular flexibility index (Phi) is 5.76. The molecule has 2 rings (SSSR count). The van der Waals surface area contributed by atoms with Crippen LogP contribution in [0, 0.1) is 10.1 Å². The van der Waals surface area contributed by atoms with Gasteiger partial charge in [0.1, 0.15) is 5.56 Å². The number of nitrogens with zero attached hydrogens (tertiary/aromatic N) is 1. The van der Waals surface area contributed by atoms with Gasteiger partial charge in [-0.15, -0.1) is 11.8 Å². The Morgan fingerprint density at radius 3 is 2.57 bits per heavy atom. The largest absolute Gasteiger partial charge is 0.351 e. The number of hydrogen-bond acceptors (Lipinski definition) is 4. The summed E-state index contributed by atoms with van der Waals surface area (Å²) in [5.74, 6) is -0.293. The van der Waals surface area contributed by atoms with E-state index in [1.54, 1.807) is 12.1 Å². The fraction of sp³-hybridized carbons (Fsp3) is 0.235. The van der Waals surface area contributed by atoms with Gasteiger partial charge in [-0.2, -0.15) is 0 Å². The van der Waals surface area contributed by atoms with E-state index in [0.717, 1.165) is 10.5 Å². The number of nitro benzene ring substituents is 1. The first-order valence-corrected chi connectivity index (χ1v) is 8.41. The summed E-state index contributed by atoms with van der Waals surface area (Å²) in [5.41, 5.74) is 1.04. The molecule has 6 heteroatoms. The van der Waals surface area contributed by atoms with Crippen molar-refractivity contribution in [3.05, 3.63) is 69.8 Å². The first kappa shape index (κ1) is 17.0. The van der Waals surface area contributed by atoms with E-state index in [9.17, 15) is 14.9 Å². The second kappa shape index (κ2) is 7.78. The Morgan fingerprint density at radius 2 is 1.96 bits per heavy atom. The molecule has 0 radical (unpaired) electrons. The lowest BCUT2D eigenvalue weighted by molar-refractivity contribution is -0.385. The van der Waals surface area contributed by atoms with Crippen molar-refractivity contribution < 1.29 is 9.72 Å². The van der Waals surface area contributed by atoms with Crippen LogP contribution in [-0.4, -0.2) is 23.6 Å². The third kappa shape index (κ3) is 4.32. The number of nitro groups is 1. The van der Waals surface area contributed by atoms with Crippen molar-refractivity contribution in [3.63, 3.8) is 0 Å². The lowest BCUT2D eigenvalue weighted by Crippen LogP contribution is -2.28. The predicted octanol–water partition coefficient (Wildman–Crippen LogP) is 3.85. The quantitative estimate of drug-likeness (QED) is 0.496. The number of rotatable bonds is 6. The summed E-state index contributed by atoms with van der Waals surface area (Å²) >= 11 is 1.44. The van der Waals surface area contributed by atoms with E-state index in [0.29, 0.717) is 6.54 Å². The van der Waals surface area contributed by atoms with Crippen LogP contribution in [0.1, 0.15) is 28.8 Å². The molecule has 0 fully saturated rings. The molecule has 0 bridgehead atoms. The Bertz CT molecular complexity index is 704. The van der Waals surface area contributed by atoms with Gasteiger partial charge in [-0.25, -0.2) is 0 Å². The number of carbonyl (C=O) groups excluding carboxylic acids is 1. The van der Waals surface area contributed by atoms with Crippen molar-refractivity contribution in [2.75, 3.05) is 12.8 Å². The molecule has 1 N–H and O–H groups in total. The Labute approximate surface area is 139 Å². The summed E-state index contributed by atoms with van der Waals surface area (Å²) in [6, 6.07) is 14.4. The zero-order valence-corrected chi connectivity index (χ0v) is 13.8. The SMILES string of the molecule is CSc1ccc([N+](=O)[O-])c(C(=O)NCC(C)c2ccccc2)c1. The number of benzene rings is 2. The second-order valence-electron chi connectivity index (χ2n) is 5.16. The minimum Gasteiger partial charge on any atom is -0.351 e. The minimum absolute atomic E-state index is 0.0992. The molecule has 0 heterocycles. The fourth-order valence-electron chi connectivity index (χ4n) is 2.22. The molecule has 1 unspecified atom stereocenters. The van der Waals surface area contributed by atoms with Gasteiger partial charge < -0.3 is 5.32 Å². The average molecular weight is 330 g/mol. The summed E-state index contributed by atoms with van der Waals surface area (Å²) in [6.07, 6.45) is 1.86. The standard InChI is InChI=1S/C17H18N2O3S/c1-12(13-6-4-3-5-7-13)11-18-17(20)15-10-14(23-2)8-9-16(15)19(21)22/h3-10,12H,11H2,1-2H3,(H,18,20). The number of thioether (sulfide) groups is 1. The molecule has 2 aromatic carbocycles. The van der Waals surface area contributed by atoms with Crippen LogP contribution in [0.15, 0.2) is 53.4 Å². The number of amides is 1. The summed E-state index contributed by atoms with van der Waals surface area (Å²) in [7, 11) is 0. The van der Waals surface area contributed by atoms with E-state index in [4.69, 9.17) is 0 Å². The highest BCUT2D eigenvalue weighted by atomic mass is 32.2. The van der Waals surface area contributed by atoms with Gasteiger partial charge in [-0.1, -0.05) is 37.3 Å². The second-order valence-corrected chi connectivity index (χ2v) is 6.04. The zero-order valence-electron chi connectivity index (χ0n) is 13.0. The van der Waals surface area contributed by atoms with Gasteiger partial charge in [0.05, 0.1) is 4.92 Å². The van der Waals surface area contributed by atoms with Crippen LogP contribution in [0.4, 0.5) is 5.69 Å². The Balaban J connectivity index is 2.12. The minimum atomic E-state index is -0.528. The summed E-state index contributed by atoms with van der Waals surface area (Å²) < 4.78 is 0. The predicted molar refractivity (Wildman–Crippen MR) is 92.1 cm³/mol. The van der Waals surface area contributed by atoms with Gasteiger partial charge >= 0.3 is 0 Å². The molecule has 5 nitrogen and oxygen atoms in total. The molecule has 1 amide bonds. The van der Waals surface area contributed by atoms with Gasteiger partial charge in [0, 0.05) is 17.5 Å². The molecule has 0 aliphatic carbocycles. The number of nitrogens with one attached hydrogen (secondary N) is 1. The maximum absolute atomic E-state index is 12.3. The lowest BCUT2D eigenvalue weighted by Gasteiger charge is -2.13. The average Bonchev–Trinajstić information content (AvgIpc) is 2.59. The van der Waals surface area contributed by atoms with Crippen molar-refractivity contribution in [1.29, 1.82) is 0 Å². The molecule has 0 saturated heterocycles. The molecule has 0 aromatic heterocycles. The van der Waals surface area contributed by atoms with Gasteiger partial charge in [0.2, 0.25) is 0 Å². The van der Waals surface area contributed by atoms with Crippen molar-refractivity contribution >= 4 is 23.4 Å². The smallest absolute Gasteiger partial charge is 0.282 e. The summed E-state index contributed by atoms with van der Waals surface area (Å²) in [6.45, 7) is 2.42. The Morgan fingerprint density at radius 1 is 1.26 bits per heavy atom.